The lowest BCUT2D eigenvalue weighted by atomic mass is 10.1. The summed E-state index contributed by atoms with van der Waals surface area (Å²) in [6.45, 7) is 5.00. The van der Waals surface area contributed by atoms with Crippen LogP contribution in [-0.2, 0) is 16.6 Å². The number of hydrogen-bond acceptors (Lipinski definition) is 9. The smallest absolute Gasteiger partial charge is 0.341 e. The molecule has 0 saturated carbocycles. The fourth-order valence-electron chi connectivity index (χ4n) is 1.99. The van der Waals surface area contributed by atoms with Crippen LogP contribution in [0.1, 0.15) is 39.4 Å². The van der Waals surface area contributed by atoms with E-state index in [-0.39, 0.29) is 33.2 Å². The molecule has 0 atom stereocenters. The number of thiophene rings is 1. The standard InChI is InChI=1S/C14H18N6O4S2/c1-6(2)24-13(23)9-7(3)10(11(15)22)26-12(9)16-8(21)5-25-14-17-18-19-20(14)4/h6H,5H2,1-4H3,(H2,15,22)(H,16,21). The van der Waals surface area contributed by atoms with Crippen LogP contribution in [0.2, 0.25) is 0 Å². The number of carbonyl (C=O) groups excluding carboxylic acids is 3. The van der Waals surface area contributed by atoms with Crippen molar-refractivity contribution in [3.8, 4) is 0 Å². The molecular weight excluding hydrogens is 380 g/mol. The molecule has 26 heavy (non-hydrogen) atoms. The molecule has 2 heterocycles. The molecule has 0 aliphatic heterocycles. The van der Waals surface area contributed by atoms with E-state index in [0.29, 0.717) is 10.7 Å². The number of aryl methyl sites for hydroxylation is 1. The molecule has 0 aliphatic rings. The van der Waals surface area contributed by atoms with Crippen LogP contribution in [0.4, 0.5) is 5.00 Å². The summed E-state index contributed by atoms with van der Waals surface area (Å²) < 4.78 is 6.63. The fourth-order valence-corrected chi connectivity index (χ4v) is 3.70. The van der Waals surface area contributed by atoms with Gasteiger partial charge in [-0.25, -0.2) is 9.48 Å². The Morgan fingerprint density at radius 3 is 2.62 bits per heavy atom. The number of amides is 2. The number of nitrogens with zero attached hydrogens (tertiary/aromatic N) is 4. The molecular formula is C14H18N6O4S2. The number of hydrogen-bond donors (Lipinski definition) is 2. The quantitative estimate of drug-likeness (QED) is 0.519. The first kappa shape index (κ1) is 19.8. The minimum atomic E-state index is -0.675. The third-order valence-electron chi connectivity index (χ3n) is 3.08. The molecule has 0 saturated heterocycles. The normalized spacial score (nSPS) is 10.8. The number of nitrogens with two attached hydrogens (primary N) is 1. The van der Waals surface area contributed by atoms with E-state index >= 15 is 0 Å². The topological polar surface area (TPSA) is 142 Å². The summed E-state index contributed by atoms with van der Waals surface area (Å²) in [7, 11) is 1.65. The number of nitrogens with one attached hydrogen (secondary N) is 1. The summed E-state index contributed by atoms with van der Waals surface area (Å²) >= 11 is 2.08. The number of esters is 1. The van der Waals surface area contributed by atoms with Gasteiger partial charge in [-0.05, 0) is 36.8 Å². The van der Waals surface area contributed by atoms with Crippen molar-refractivity contribution >= 4 is 45.9 Å². The van der Waals surface area contributed by atoms with Gasteiger partial charge < -0.3 is 15.8 Å². The van der Waals surface area contributed by atoms with Gasteiger partial charge in [0.15, 0.2) is 0 Å². The van der Waals surface area contributed by atoms with Gasteiger partial charge in [0.2, 0.25) is 11.1 Å². The van der Waals surface area contributed by atoms with Gasteiger partial charge >= 0.3 is 5.97 Å². The highest BCUT2D eigenvalue weighted by molar-refractivity contribution is 7.99. The van der Waals surface area contributed by atoms with E-state index in [2.05, 4.69) is 20.8 Å². The Labute approximate surface area is 157 Å². The summed E-state index contributed by atoms with van der Waals surface area (Å²) in [6.07, 6.45) is -0.346. The van der Waals surface area contributed by atoms with Crippen LogP contribution < -0.4 is 11.1 Å². The van der Waals surface area contributed by atoms with Crippen LogP contribution >= 0.6 is 23.1 Å². The van der Waals surface area contributed by atoms with Gasteiger partial charge in [0.1, 0.15) is 5.00 Å². The highest BCUT2D eigenvalue weighted by atomic mass is 32.2. The van der Waals surface area contributed by atoms with Gasteiger partial charge in [0, 0.05) is 7.05 Å². The van der Waals surface area contributed by atoms with Gasteiger partial charge in [-0.15, -0.1) is 16.4 Å². The van der Waals surface area contributed by atoms with E-state index in [0.717, 1.165) is 23.1 Å². The average Bonchev–Trinajstić information content (AvgIpc) is 3.08. The van der Waals surface area contributed by atoms with E-state index in [4.69, 9.17) is 10.5 Å². The molecule has 0 aliphatic carbocycles. The molecule has 2 aromatic rings. The van der Waals surface area contributed by atoms with Gasteiger partial charge in [-0.1, -0.05) is 11.8 Å². The molecule has 10 nitrogen and oxygen atoms in total. The zero-order chi connectivity index (χ0) is 19.4. The van der Waals surface area contributed by atoms with Gasteiger partial charge in [-0.3, -0.25) is 9.59 Å². The Morgan fingerprint density at radius 2 is 2.08 bits per heavy atom. The van der Waals surface area contributed by atoms with E-state index in [1.54, 1.807) is 27.8 Å². The second kappa shape index (κ2) is 8.27. The number of primary amides is 1. The average molecular weight is 398 g/mol. The molecule has 0 spiro atoms. The minimum absolute atomic E-state index is 0.0235. The predicted molar refractivity (Wildman–Crippen MR) is 96.3 cm³/mol. The SMILES string of the molecule is Cc1c(C(N)=O)sc(NC(=O)CSc2nnnn2C)c1C(=O)OC(C)C. The van der Waals surface area contributed by atoms with Crippen molar-refractivity contribution in [1.29, 1.82) is 0 Å². The molecule has 2 rings (SSSR count). The summed E-state index contributed by atoms with van der Waals surface area (Å²) in [5, 5.41) is 14.3. The zero-order valence-corrected chi connectivity index (χ0v) is 16.2. The largest absolute Gasteiger partial charge is 0.459 e. The molecule has 140 valence electrons. The van der Waals surface area contributed by atoms with Crippen molar-refractivity contribution in [2.24, 2.45) is 12.8 Å². The summed E-state index contributed by atoms with van der Waals surface area (Å²) in [5.41, 5.74) is 5.86. The summed E-state index contributed by atoms with van der Waals surface area (Å²) in [5.74, 6) is -1.66. The van der Waals surface area contributed by atoms with Crippen molar-refractivity contribution in [2.75, 3.05) is 11.1 Å². The Balaban J connectivity index is 2.19. The van der Waals surface area contributed by atoms with Gasteiger partial charge in [-0.2, -0.15) is 0 Å². The maximum absolute atomic E-state index is 12.3. The number of thioether (sulfide) groups is 1. The van der Waals surface area contributed by atoms with Crippen molar-refractivity contribution in [3.05, 3.63) is 16.0 Å². The van der Waals surface area contributed by atoms with Crippen LogP contribution in [0.25, 0.3) is 0 Å². The Kier molecular flexibility index (Phi) is 6.32. The van der Waals surface area contributed by atoms with E-state index in [9.17, 15) is 14.4 Å². The lowest BCUT2D eigenvalue weighted by Gasteiger charge is -2.10. The molecule has 0 bridgehead atoms. The molecule has 0 unspecified atom stereocenters. The molecule has 3 N–H and O–H groups in total. The predicted octanol–water partition coefficient (Wildman–Crippen LogP) is 0.975. The lowest BCUT2D eigenvalue weighted by Crippen LogP contribution is -2.18. The second-order valence-electron chi connectivity index (χ2n) is 5.50. The number of tetrazole rings is 1. The van der Waals surface area contributed by atoms with E-state index < -0.39 is 11.9 Å². The minimum Gasteiger partial charge on any atom is -0.459 e. The molecule has 12 heteroatoms. The van der Waals surface area contributed by atoms with Crippen LogP contribution in [0, 0.1) is 6.92 Å². The van der Waals surface area contributed by atoms with Crippen LogP contribution in [0.5, 0.6) is 0 Å². The summed E-state index contributed by atoms with van der Waals surface area (Å²) in [4.78, 5) is 36.4. The highest BCUT2D eigenvalue weighted by Crippen LogP contribution is 2.34. The second-order valence-corrected chi connectivity index (χ2v) is 7.46. The van der Waals surface area contributed by atoms with Crippen molar-refractivity contribution in [2.45, 2.75) is 32.0 Å². The third kappa shape index (κ3) is 4.58. The highest BCUT2D eigenvalue weighted by Gasteiger charge is 2.26. The number of aromatic nitrogens is 4. The molecule has 2 aromatic heterocycles. The Hall–Kier alpha value is -2.47. The van der Waals surface area contributed by atoms with Crippen LogP contribution in [0.3, 0.4) is 0 Å². The molecule has 0 radical (unpaired) electrons. The van der Waals surface area contributed by atoms with Gasteiger partial charge in [0.05, 0.1) is 22.3 Å². The monoisotopic (exact) mass is 398 g/mol. The first-order valence-electron chi connectivity index (χ1n) is 7.49. The number of anilines is 1. The van der Waals surface area contributed by atoms with E-state index in [1.807, 2.05) is 0 Å². The maximum atomic E-state index is 12.3. The van der Waals surface area contributed by atoms with Crippen molar-refractivity contribution in [3.63, 3.8) is 0 Å². The van der Waals surface area contributed by atoms with Crippen LogP contribution in [-0.4, -0.2) is 49.8 Å². The van der Waals surface area contributed by atoms with E-state index in [1.165, 1.54) is 4.68 Å². The van der Waals surface area contributed by atoms with Crippen molar-refractivity contribution < 1.29 is 19.1 Å². The summed E-state index contributed by atoms with van der Waals surface area (Å²) in [6, 6.07) is 0. The lowest BCUT2D eigenvalue weighted by molar-refractivity contribution is -0.113. The third-order valence-corrected chi connectivity index (χ3v) is 5.32. The maximum Gasteiger partial charge on any atom is 0.341 e. The Morgan fingerprint density at radius 1 is 1.38 bits per heavy atom. The molecule has 0 fully saturated rings. The fraction of sp³-hybridized carbons (Fsp3) is 0.429. The molecule has 2 amide bonds. The van der Waals surface area contributed by atoms with Gasteiger partial charge in [0.25, 0.3) is 5.91 Å². The number of ether oxygens (including phenoxy) is 1. The number of carbonyl (C=O) groups is 3. The zero-order valence-electron chi connectivity index (χ0n) is 14.6. The van der Waals surface area contributed by atoms with Crippen molar-refractivity contribution in [1.82, 2.24) is 20.2 Å². The Bertz CT molecular complexity index is 845. The first-order chi connectivity index (χ1) is 12.2. The van der Waals surface area contributed by atoms with Crippen LogP contribution in [0.15, 0.2) is 5.16 Å². The number of rotatable bonds is 7. The first-order valence-corrected chi connectivity index (χ1v) is 9.30. The molecule has 0 aromatic carbocycles.